The molecule has 0 radical (unpaired) electrons. The van der Waals surface area contributed by atoms with Gasteiger partial charge in [0.25, 0.3) is 0 Å². The Labute approximate surface area is 113 Å². The average Bonchev–Trinajstić information content (AvgIpc) is 2.64. The first-order chi connectivity index (χ1) is 8.50. The molecule has 18 heavy (non-hydrogen) atoms. The lowest BCUT2D eigenvalue weighted by Crippen LogP contribution is -2.38. The Kier molecular flexibility index (Phi) is 3.63. The molecule has 1 aliphatic rings. The van der Waals surface area contributed by atoms with E-state index in [9.17, 15) is 9.90 Å². The lowest BCUT2D eigenvalue weighted by molar-refractivity contribution is 0.0280. The zero-order valence-corrected chi connectivity index (χ0v) is 11.9. The second-order valence-electron chi connectivity index (χ2n) is 4.61. The summed E-state index contributed by atoms with van der Waals surface area (Å²) in [4.78, 5) is 11.8. The van der Waals surface area contributed by atoms with Crippen molar-refractivity contribution in [2.24, 2.45) is 5.41 Å². The fourth-order valence-electron chi connectivity index (χ4n) is 1.79. The number of carbonyl (C=O) groups excluding carboxylic acids is 1. The van der Waals surface area contributed by atoms with Crippen molar-refractivity contribution in [1.29, 1.82) is 0 Å². The van der Waals surface area contributed by atoms with Gasteiger partial charge in [0.05, 0.1) is 26.4 Å². The lowest BCUT2D eigenvalue weighted by atomic mass is 9.92. The minimum absolute atomic E-state index is 0.00133. The summed E-state index contributed by atoms with van der Waals surface area (Å²) in [5.41, 5.74) is -0.0819. The van der Waals surface area contributed by atoms with Gasteiger partial charge in [-0.1, -0.05) is 6.92 Å². The second-order valence-corrected chi connectivity index (χ2v) is 5.36. The smallest absolute Gasteiger partial charge is 0.346 e. The molecule has 1 aliphatic heterocycles. The molecule has 7 heteroatoms. The highest BCUT2D eigenvalue weighted by Crippen LogP contribution is 2.35. The van der Waals surface area contributed by atoms with Gasteiger partial charge in [0, 0.05) is 5.41 Å². The maximum Gasteiger partial charge on any atom is 0.346 e. The van der Waals surface area contributed by atoms with E-state index in [1.807, 2.05) is 6.92 Å². The Bertz CT molecular complexity index is 474. The quantitative estimate of drug-likeness (QED) is 0.848. The number of aliphatic hydroxyl groups is 1. The first-order valence-electron chi connectivity index (χ1n) is 5.68. The van der Waals surface area contributed by atoms with Crippen LogP contribution in [0, 0.1) is 5.41 Å². The fourth-order valence-corrected chi connectivity index (χ4v) is 2.32. The molecule has 0 saturated carbocycles. The van der Waals surface area contributed by atoms with Crippen LogP contribution in [0.25, 0.3) is 0 Å². The number of hydrogen-bond acceptors (Lipinski definition) is 5. The van der Waals surface area contributed by atoms with Crippen LogP contribution >= 0.6 is 15.9 Å². The number of esters is 1. The zero-order valence-electron chi connectivity index (χ0n) is 10.3. The minimum atomic E-state index is -0.460. The summed E-state index contributed by atoms with van der Waals surface area (Å²) in [5, 5.41) is 13.5. The normalized spacial score (nSPS) is 22.2. The molecule has 2 heterocycles. The number of carbonyl (C=O) groups is 1. The van der Waals surface area contributed by atoms with E-state index >= 15 is 0 Å². The summed E-state index contributed by atoms with van der Waals surface area (Å²) in [6, 6.07) is 0. The predicted molar refractivity (Wildman–Crippen MR) is 66.6 cm³/mol. The molecule has 100 valence electrons. The van der Waals surface area contributed by atoms with Crippen molar-refractivity contribution >= 4 is 21.9 Å². The van der Waals surface area contributed by atoms with Crippen LogP contribution in [0.15, 0.2) is 4.60 Å². The molecule has 0 amide bonds. The number of rotatable bonds is 3. The molecule has 0 spiro atoms. The SMILES string of the molecule is CCOC(=O)c1c(Br)nn2c1OCC(C)(CO)C2. The van der Waals surface area contributed by atoms with E-state index in [2.05, 4.69) is 21.0 Å². The fraction of sp³-hybridized carbons (Fsp3) is 0.636. The molecule has 0 saturated heterocycles. The lowest BCUT2D eigenvalue weighted by Gasteiger charge is -2.32. The number of ether oxygens (including phenoxy) is 2. The Hall–Kier alpha value is -1.08. The molecule has 1 unspecified atom stereocenters. The summed E-state index contributed by atoms with van der Waals surface area (Å²) >= 11 is 3.23. The van der Waals surface area contributed by atoms with Crippen LogP contribution in [0.3, 0.4) is 0 Å². The van der Waals surface area contributed by atoms with Crippen LogP contribution < -0.4 is 4.74 Å². The maximum atomic E-state index is 11.8. The predicted octanol–water partition coefficient (Wildman–Crippen LogP) is 1.21. The van der Waals surface area contributed by atoms with E-state index in [1.165, 1.54) is 0 Å². The van der Waals surface area contributed by atoms with Crippen molar-refractivity contribution in [2.75, 3.05) is 19.8 Å². The highest BCUT2D eigenvalue weighted by molar-refractivity contribution is 9.10. The van der Waals surface area contributed by atoms with Crippen molar-refractivity contribution < 1.29 is 19.4 Å². The van der Waals surface area contributed by atoms with E-state index in [0.29, 0.717) is 35.8 Å². The third-order valence-corrected chi connectivity index (χ3v) is 3.37. The highest BCUT2D eigenvalue weighted by atomic mass is 79.9. The summed E-state index contributed by atoms with van der Waals surface area (Å²) in [5.74, 6) is -0.0653. The van der Waals surface area contributed by atoms with Crippen LogP contribution in [0.2, 0.25) is 0 Å². The summed E-state index contributed by atoms with van der Waals surface area (Å²) in [6.07, 6.45) is 0. The molecular weight excluding hydrogens is 304 g/mol. The van der Waals surface area contributed by atoms with Gasteiger partial charge in [-0.2, -0.15) is 5.10 Å². The van der Waals surface area contributed by atoms with Gasteiger partial charge < -0.3 is 14.6 Å². The molecule has 0 fully saturated rings. The van der Waals surface area contributed by atoms with Gasteiger partial charge in [0.2, 0.25) is 5.88 Å². The number of fused-ring (bicyclic) bond motifs is 1. The van der Waals surface area contributed by atoms with E-state index < -0.39 is 5.97 Å². The highest BCUT2D eigenvalue weighted by Gasteiger charge is 2.36. The van der Waals surface area contributed by atoms with Gasteiger partial charge in [0.1, 0.15) is 4.60 Å². The molecule has 6 nitrogen and oxygen atoms in total. The molecule has 1 N–H and O–H groups in total. The van der Waals surface area contributed by atoms with Crippen LogP contribution in [0.5, 0.6) is 5.88 Å². The number of halogens is 1. The molecule has 1 aromatic heterocycles. The molecule has 1 aromatic rings. The molecule has 0 aliphatic carbocycles. The number of hydrogen-bond donors (Lipinski definition) is 1. The van der Waals surface area contributed by atoms with E-state index in [0.717, 1.165) is 0 Å². The number of aromatic nitrogens is 2. The van der Waals surface area contributed by atoms with Crippen molar-refractivity contribution in [2.45, 2.75) is 20.4 Å². The van der Waals surface area contributed by atoms with E-state index in [-0.39, 0.29) is 12.0 Å². The third-order valence-electron chi connectivity index (χ3n) is 2.81. The van der Waals surface area contributed by atoms with Gasteiger partial charge in [-0.3, -0.25) is 0 Å². The monoisotopic (exact) mass is 318 g/mol. The molecule has 0 bridgehead atoms. The second kappa shape index (κ2) is 4.89. The van der Waals surface area contributed by atoms with E-state index in [4.69, 9.17) is 9.47 Å². The van der Waals surface area contributed by atoms with Crippen molar-refractivity contribution in [3.8, 4) is 5.88 Å². The number of nitrogens with zero attached hydrogens (tertiary/aromatic N) is 2. The summed E-state index contributed by atoms with van der Waals surface area (Å²) < 4.78 is 12.5. The van der Waals surface area contributed by atoms with Crippen LogP contribution in [0.4, 0.5) is 0 Å². The largest absolute Gasteiger partial charge is 0.476 e. The molecular formula is C11H15BrN2O4. The van der Waals surface area contributed by atoms with Gasteiger partial charge in [0.15, 0.2) is 5.56 Å². The van der Waals surface area contributed by atoms with E-state index in [1.54, 1.807) is 11.6 Å². The van der Waals surface area contributed by atoms with Crippen LogP contribution in [-0.2, 0) is 11.3 Å². The van der Waals surface area contributed by atoms with Gasteiger partial charge in [-0.05, 0) is 22.9 Å². The molecule has 1 atom stereocenters. The van der Waals surface area contributed by atoms with Gasteiger partial charge in [-0.15, -0.1) is 0 Å². The number of aliphatic hydroxyl groups excluding tert-OH is 1. The van der Waals surface area contributed by atoms with Crippen LogP contribution in [0.1, 0.15) is 24.2 Å². The average molecular weight is 319 g/mol. The maximum absolute atomic E-state index is 11.8. The first kappa shape index (κ1) is 13.4. The van der Waals surface area contributed by atoms with Crippen molar-refractivity contribution in [3.63, 3.8) is 0 Å². The zero-order chi connectivity index (χ0) is 13.3. The summed E-state index contributed by atoms with van der Waals surface area (Å²) in [7, 11) is 0. The summed E-state index contributed by atoms with van der Waals surface area (Å²) in [6.45, 7) is 4.77. The van der Waals surface area contributed by atoms with Crippen molar-refractivity contribution in [1.82, 2.24) is 9.78 Å². The minimum Gasteiger partial charge on any atom is -0.476 e. The first-order valence-corrected chi connectivity index (χ1v) is 6.47. The Morgan fingerprint density at radius 2 is 2.44 bits per heavy atom. The third kappa shape index (κ3) is 2.24. The molecule has 0 aromatic carbocycles. The Balaban J connectivity index is 2.34. The van der Waals surface area contributed by atoms with Crippen molar-refractivity contribution in [3.05, 3.63) is 10.2 Å². The van der Waals surface area contributed by atoms with Gasteiger partial charge >= 0.3 is 5.97 Å². The topological polar surface area (TPSA) is 73.6 Å². The standard InChI is InChI=1S/C11H15BrN2O4/c1-3-17-10(16)7-8(12)13-14-4-11(2,5-15)6-18-9(7)14/h15H,3-6H2,1-2H3. The molecule has 2 rings (SSSR count). The Morgan fingerprint density at radius 3 is 3.06 bits per heavy atom. The van der Waals surface area contributed by atoms with Gasteiger partial charge in [-0.25, -0.2) is 9.48 Å². The Morgan fingerprint density at radius 1 is 1.72 bits per heavy atom. The van der Waals surface area contributed by atoms with Crippen LogP contribution in [-0.4, -0.2) is 40.7 Å².